The highest BCUT2D eigenvalue weighted by atomic mass is 32.2. The highest BCUT2D eigenvalue weighted by Gasteiger charge is 2.21. The molecule has 2 rings (SSSR count). The van der Waals surface area contributed by atoms with Gasteiger partial charge in [-0.2, -0.15) is 11.8 Å². The maximum absolute atomic E-state index is 5.18. The SMILES string of the molecule is S=C(NCCSCc1ccccc1)NC1CC1. The highest BCUT2D eigenvalue weighted by molar-refractivity contribution is 7.98. The van der Waals surface area contributed by atoms with E-state index in [1.807, 2.05) is 11.8 Å². The van der Waals surface area contributed by atoms with Gasteiger partial charge in [0.25, 0.3) is 0 Å². The molecular weight excluding hydrogens is 248 g/mol. The van der Waals surface area contributed by atoms with Crippen LogP contribution >= 0.6 is 24.0 Å². The predicted octanol–water partition coefficient (Wildman–Crippen LogP) is 2.55. The molecule has 0 heterocycles. The van der Waals surface area contributed by atoms with Crippen LogP contribution in [0.1, 0.15) is 18.4 Å². The Labute approximate surface area is 113 Å². The van der Waals surface area contributed by atoms with E-state index in [1.54, 1.807) is 0 Å². The summed E-state index contributed by atoms with van der Waals surface area (Å²) in [5, 5.41) is 7.33. The molecule has 0 amide bonds. The third kappa shape index (κ3) is 5.41. The lowest BCUT2D eigenvalue weighted by atomic mass is 10.2. The van der Waals surface area contributed by atoms with Crippen LogP contribution in [0, 0.1) is 0 Å². The number of nitrogens with one attached hydrogen (secondary N) is 2. The number of hydrogen-bond acceptors (Lipinski definition) is 2. The average Bonchev–Trinajstić information content (AvgIpc) is 3.14. The Morgan fingerprint density at radius 2 is 2.06 bits per heavy atom. The zero-order chi connectivity index (χ0) is 11.9. The molecule has 1 aliphatic carbocycles. The Hall–Kier alpha value is -0.740. The van der Waals surface area contributed by atoms with Gasteiger partial charge in [-0.3, -0.25) is 0 Å². The van der Waals surface area contributed by atoms with Crippen LogP contribution < -0.4 is 10.6 Å². The number of thioether (sulfide) groups is 1. The largest absolute Gasteiger partial charge is 0.362 e. The van der Waals surface area contributed by atoms with Gasteiger partial charge in [-0.25, -0.2) is 0 Å². The maximum Gasteiger partial charge on any atom is 0.166 e. The normalized spacial score (nSPS) is 14.4. The first-order valence-corrected chi connectivity index (χ1v) is 7.57. The molecule has 1 saturated carbocycles. The lowest BCUT2D eigenvalue weighted by Gasteiger charge is -2.09. The van der Waals surface area contributed by atoms with E-state index in [9.17, 15) is 0 Å². The molecule has 92 valence electrons. The topological polar surface area (TPSA) is 24.1 Å². The molecule has 4 heteroatoms. The fourth-order valence-corrected chi connectivity index (χ4v) is 2.55. The minimum Gasteiger partial charge on any atom is -0.362 e. The molecular formula is C13H18N2S2. The van der Waals surface area contributed by atoms with E-state index < -0.39 is 0 Å². The van der Waals surface area contributed by atoms with Gasteiger partial charge in [0, 0.05) is 24.1 Å². The molecule has 1 aromatic carbocycles. The molecule has 0 spiro atoms. The Balaban J connectivity index is 1.50. The second-order valence-electron chi connectivity index (χ2n) is 4.21. The van der Waals surface area contributed by atoms with Gasteiger partial charge in [0.05, 0.1) is 0 Å². The molecule has 0 saturated heterocycles. The quantitative estimate of drug-likeness (QED) is 0.610. The fraction of sp³-hybridized carbons (Fsp3) is 0.462. The highest BCUT2D eigenvalue weighted by Crippen LogP contribution is 2.18. The van der Waals surface area contributed by atoms with Gasteiger partial charge in [-0.15, -0.1) is 0 Å². The van der Waals surface area contributed by atoms with Gasteiger partial charge in [0.1, 0.15) is 0 Å². The Morgan fingerprint density at radius 3 is 2.76 bits per heavy atom. The molecule has 0 bridgehead atoms. The molecule has 1 fully saturated rings. The first-order chi connectivity index (χ1) is 8.34. The van der Waals surface area contributed by atoms with Crippen molar-refractivity contribution >= 4 is 29.1 Å². The molecule has 2 N–H and O–H groups in total. The van der Waals surface area contributed by atoms with Crippen molar-refractivity contribution in [2.24, 2.45) is 0 Å². The summed E-state index contributed by atoms with van der Waals surface area (Å²) in [4.78, 5) is 0. The van der Waals surface area contributed by atoms with Crippen molar-refractivity contribution in [1.29, 1.82) is 0 Å². The zero-order valence-corrected chi connectivity index (χ0v) is 11.4. The summed E-state index contributed by atoms with van der Waals surface area (Å²) in [7, 11) is 0. The number of hydrogen-bond donors (Lipinski definition) is 2. The molecule has 17 heavy (non-hydrogen) atoms. The molecule has 0 radical (unpaired) electrons. The third-order valence-electron chi connectivity index (χ3n) is 2.56. The van der Waals surface area contributed by atoms with Crippen LogP contribution in [0.4, 0.5) is 0 Å². The summed E-state index contributed by atoms with van der Waals surface area (Å²) < 4.78 is 0. The molecule has 1 aliphatic rings. The van der Waals surface area contributed by atoms with E-state index in [0.717, 1.165) is 23.2 Å². The Kier molecular flexibility index (Phi) is 5.13. The van der Waals surface area contributed by atoms with Crippen molar-refractivity contribution in [1.82, 2.24) is 10.6 Å². The van der Waals surface area contributed by atoms with E-state index in [-0.39, 0.29) is 0 Å². The van der Waals surface area contributed by atoms with E-state index in [4.69, 9.17) is 12.2 Å². The summed E-state index contributed by atoms with van der Waals surface area (Å²) >= 11 is 7.11. The summed E-state index contributed by atoms with van der Waals surface area (Å²) in [5.41, 5.74) is 1.39. The molecule has 2 nitrogen and oxygen atoms in total. The summed E-state index contributed by atoms with van der Waals surface area (Å²) in [6.07, 6.45) is 2.54. The average molecular weight is 266 g/mol. The standard InChI is InChI=1S/C13H18N2S2/c16-13(15-12-6-7-12)14-8-9-17-10-11-4-2-1-3-5-11/h1-5,12H,6-10H2,(H2,14,15,16). The molecule has 0 aliphatic heterocycles. The van der Waals surface area contributed by atoms with E-state index in [0.29, 0.717) is 6.04 Å². The third-order valence-corrected chi connectivity index (χ3v) is 3.85. The zero-order valence-electron chi connectivity index (χ0n) is 9.82. The van der Waals surface area contributed by atoms with Crippen molar-refractivity contribution in [2.75, 3.05) is 12.3 Å². The van der Waals surface area contributed by atoms with Crippen LogP contribution in [-0.2, 0) is 5.75 Å². The van der Waals surface area contributed by atoms with Gasteiger partial charge >= 0.3 is 0 Å². The van der Waals surface area contributed by atoms with E-state index in [1.165, 1.54) is 18.4 Å². The minimum atomic E-state index is 0.645. The van der Waals surface area contributed by atoms with Gasteiger partial charge in [-0.1, -0.05) is 30.3 Å². The van der Waals surface area contributed by atoms with Crippen LogP contribution in [0.5, 0.6) is 0 Å². The van der Waals surface area contributed by atoms with Crippen molar-refractivity contribution in [3.05, 3.63) is 35.9 Å². The Morgan fingerprint density at radius 1 is 1.29 bits per heavy atom. The monoisotopic (exact) mass is 266 g/mol. The molecule has 1 aromatic rings. The molecule has 0 atom stereocenters. The first-order valence-electron chi connectivity index (χ1n) is 6.00. The van der Waals surface area contributed by atoms with Gasteiger partial charge in [0.15, 0.2) is 5.11 Å². The summed E-state index contributed by atoms with van der Waals surface area (Å²) in [6.45, 7) is 0.941. The predicted molar refractivity (Wildman–Crippen MR) is 79.4 cm³/mol. The molecule has 0 unspecified atom stereocenters. The summed E-state index contributed by atoms with van der Waals surface area (Å²) in [6, 6.07) is 11.2. The second kappa shape index (κ2) is 6.87. The number of rotatable bonds is 6. The van der Waals surface area contributed by atoms with E-state index >= 15 is 0 Å². The van der Waals surface area contributed by atoms with Gasteiger partial charge in [-0.05, 0) is 30.6 Å². The Bertz CT molecular complexity index is 350. The van der Waals surface area contributed by atoms with Crippen molar-refractivity contribution in [2.45, 2.75) is 24.6 Å². The van der Waals surface area contributed by atoms with Crippen molar-refractivity contribution in [3.8, 4) is 0 Å². The van der Waals surface area contributed by atoms with Crippen LogP contribution in [-0.4, -0.2) is 23.5 Å². The first kappa shape index (κ1) is 12.7. The summed E-state index contributed by atoms with van der Waals surface area (Å²) in [5.74, 6) is 2.16. The number of thiocarbonyl (C=S) groups is 1. The minimum absolute atomic E-state index is 0.645. The van der Waals surface area contributed by atoms with Crippen LogP contribution in [0.3, 0.4) is 0 Å². The van der Waals surface area contributed by atoms with Crippen LogP contribution in [0.2, 0.25) is 0 Å². The van der Waals surface area contributed by atoms with Crippen LogP contribution in [0.15, 0.2) is 30.3 Å². The van der Waals surface area contributed by atoms with Gasteiger partial charge < -0.3 is 10.6 Å². The van der Waals surface area contributed by atoms with Gasteiger partial charge in [0.2, 0.25) is 0 Å². The van der Waals surface area contributed by atoms with E-state index in [2.05, 4.69) is 41.0 Å². The maximum atomic E-state index is 5.18. The second-order valence-corrected chi connectivity index (χ2v) is 5.73. The smallest absolute Gasteiger partial charge is 0.166 e. The van der Waals surface area contributed by atoms with Crippen molar-refractivity contribution in [3.63, 3.8) is 0 Å². The number of benzene rings is 1. The lowest BCUT2D eigenvalue weighted by molar-refractivity contribution is 0.853. The fourth-order valence-electron chi connectivity index (χ4n) is 1.47. The lowest BCUT2D eigenvalue weighted by Crippen LogP contribution is -2.37. The molecule has 0 aromatic heterocycles. The van der Waals surface area contributed by atoms with Crippen LogP contribution in [0.25, 0.3) is 0 Å². The van der Waals surface area contributed by atoms with Crippen molar-refractivity contribution < 1.29 is 0 Å².